The second kappa shape index (κ2) is 7.99. The van der Waals surface area contributed by atoms with Gasteiger partial charge in [0.25, 0.3) is 11.6 Å². The maximum absolute atomic E-state index is 9.63. The molecule has 0 saturated heterocycles. The first-order chi connectivity index (χ1) is 16.8. The number of hydrogen-bond donors (Lipinski definition) is 3. The van der Waals surface area contributed by atoms with Crippen molar-refractivity contribution in [3.05, 3.63) is 53.6 Å². The molecule has 4 heterocycles. The summed E-state index contributed by atoms with van der Waals surface area (Å²) in [5.74, 6) is 0.366. The molecule has 1 aromatic carbocycles. The fourth-order valence-corrected chi connectivity index (χ4v) is 3.38. The third kappa shape index (κ3) is 3.80. The van der Waals surface area contributed by atoms with Crippen molar-refractivity contribution in [3.63, 3.8) is 0 Å². The van der Waals surface area contributed by atoms with Gasteiger partial charge in [0.15, 0.2) is 23.0 Å². The minimum Gasteiger partial charge on any atom is -0.479 e. The fourth-order valence-electron chi connectivity index (χ4n) is 3.38. The maximum Gasteiger partial charge on any atom is 0.321 e. The summed E-state index contributed by atoms with van der Waals surface area (Å²) in [5.41, 5.74) is 2.12. The number of fused-ring (bicyclic) bond motifs is 1. The highest BCUT2D eigenvalue weighted by molar-refractivity contribution is 5.72. The van der Waals surface area contributed by atoms with Gasteiger partial charge in [-0.2, -0.15) is 34.5 Å². The summed E-state index contributed by atoms with van der Waals surface area (Å²) in [4.78, 5) is 14.2. The van der Waals surface area contributed by atoms with Crippen LogP contribution in [0.25, 0.3) is 27.8 Å². The number of azo groups is 1. The van der Waals surface area contributed by atoms with Crippen LogP contribution in [0.3, 0.4) is 0 Å². The number of H-pyrrole nitrogens is 1. The van der Waals surface area contributed by atoms with Gasteiger partial charge in [-0.3, -0.25) is 5.10 Å². The van der Waals surface area contributed by atoms with E-state index in [2.05, 4.69) is 45.3 Å². The molecule has 4 aromatic heterocycles. The number of benzene rings is 1. The predicted octanol–water partition coefficient (Wildman–Crippen LogP) is 3.77. The Balaban J connectivity index is 1.67. The minimum atomic E-state index is -0.713. The Morgan fingerprint density at radius 2 is 1.74 bits per heavy atom. The Bertz CT molecular complexity index is 1600. The number of aromatic nitrogens is 9. The zero-order chi connectivity index (χ0) is 24.7. The lowest BCUT2D eigenvalue weighted by Gasteiger charge is -2.15. The highest BCUT2D eigenvalue weighted by atomic mass is 16.3. The van der Waals surface area contributed by atoms with Gasteiger partial charge in [-0.1, -0.05) is 51.1 Å². The molecule has 35 heavy (non-hydrogen) atoms. The lowest BCUT2D eigenvalue weighted by atomic mass is 9.91. The van der Waals surface area contributed by atoms with Crippen molar-refractivity contribution < 1.29 is 10.2 Å². The van der Waals surface area contributed by atoms with Crippen LogP contribution in [-0.2, 0) is 5.41 Å². The van der Waals surface area contributed by atoms with Gasteiger partial charge in [0.05, 0.1) is 18.5 Å². The molecule has 14 heteroatoms. The van der Waals surface area contributed by atoms with Crippen LogP contribution in [0, 0.1) is 6.57 Å². The summed E-state index contributed by atoms with van der Waals surface area (Å²) in [7, 11) is 0. The smallest absolute Gasteiger partial charge is 0.321 e. The van der Waals surface area contributed by atoms with Crippen molar-refractivity contribution in [2.45, 2.75) is 26.2 Å². The van der Waals surface area contributed by atoms with Gasteiger partial charge in [0.1, 0.15) is 0 Å². The molecule has 0 aliphatic heterocycles. The third-order valence-corrected chi connectivity index (χ3v) is 4.95. The van der Waals surface area contributed by atoms with Crippen molar-refractivity contribution in [3.8, 4) is 29.4 Å². The topological polar surface area (TPSA) is 172 Å². The Morgan fingerprint density at radius 1 is 1.03 bits per heavy atom. The number of aromatic hydroxyl groups is 2. The van der Waals surface area contributed by atoms with Gasteiger partial charge in [-0.25, -0.2) is 4.85 Å². The fraction of sp³-hybridized carbons (Fsp3) is 0.190. The minimum absolute atomic E-state index is 0.00740. The molecular formula is C21H18N12O2. The summed E-state index contributed by atoms with van der Waals surface area (Å²) in [6.45, 7) is 13.4. The van der Waals surface area contributed by atoms with Crippen LogP contribution < -0.4 is 0 Å². The first-order valence-corrected chi connectivity index (χ1v) is 10.3. The van der Waals surface area contributed by atoms with E-state index in [-0.39, 0.29) is 17.5 Å². The molecule has 0 bridgehead atoms. The van der Waals surface area contributed by atoms with E-state index in [1.165, 1.54) is 6.20 Å². The van der Waals surface area contributed by atoms with Crippen LogP contribution >= 0.6 is 0 Å². The molecule has 3 N–H and O–H groups in total. The van der Waals surface area contributed by atoms with Gasteiger partial charge in [0, 0.05) is 11.0 Å². The Hall–Kier alpha value is -5.19. The Labute approximate surface area is 197 Å². The van der Waals surface area contributed by atoms with E-state index in [1.54, 1.807) is 4.52 Å². The lowest BCUT2D eigenvalue weighted by molar-refractivity contribution is 0.379. The normalized spacial score (nSPS) is 11.9. The van der Waals surface area contributed by atoms with Crippen LogP contribution in [0.1, 0.15) is 26.5 Å². The first kappa shape index (κ1) is 21.6. The van der Waals surface area contributed by atoms with Crippen LogP contribution in [0.4, 0.5) is 17.2 Å². The van der Waals surface area contributed by atoms with Crippen molar-refractivity contribution in [2.75, 3.05) is 0 Å². The van der Waals surface area contributed by atoms with E-state index >= 15 is 0 Å². The van der Waals surface area contributed by atoms with Crippen molar-refractivity contribution in [1.82, 2.24) is 44.5 Å². The molecule has 5 aromatic rings. The molecule has 174 valence electrons. The largest absolute Gasteiger partial charge is 0.479 e. The van der Waals surface area contributed by atoms with E-state index in [4.69, 9.17) is 11.7 Å². The molecule has 0 atom stereocenters. The van der Waals surface area contributed by atoms with E-state index in [0.29, 0.717) is 22.9 Å². The molecule has 0 spiro atoms. The van der Waals surface area contributed by atoms with Crippen molar-refractivity contribution in [2.24, 2.45) is 10.2 Å². The summed E-state index contributed by atoms with van der Waals surface area (Å²) < 4.78 is 2.73. The van der Waals surface area contributed by atoms with Gasteiger partial charge in [-0.05, 0) is 0 Å². The summed E-state index contributed by atoms with van der Waals surface area (Å²) in [6, 6.07) is 8.16. The first-order valence-electron chi connectivity index (χ1n) is 10.3. The highest BCUT2D eigenvalue weighted by Crippen LogP contribution is 2.38. The zero-order valence-electron chi connectivity index (χ0n) is 18.8. The van der Waals surface area contributed by atoms with Gasteiger partial charge in [-0.15, -0.1) is 15.2 Å². The van der Waals surface area contributed by atoms with E-state index in [9.17, 15) is 10.2 Å². The molecule has 0 unspecified atom stereocenters. The lowest BCUT2D eigenvalue weighted by Crippen LogP contribution is -2.12. The van der Waals surface area contributed by atoms with Crippen molar-refractivity contribution in [1.29, 1.82) is 0 Å². The maximum atomic E-state index is 9.63. The average Bonchev–Trinajstić information content (AvgIpc) is 3.50. The van der Waals surface area contributed by atoms with Crippen LogP contribution in [0.15, 0.2) is 46.8 Å². The van der Waals surface area contributed by atoms with Gasteiger partial charge >= 0.3 is 12.0 Å². The van der Waals surface area contributed by atoms with Crippen LogP contribution in [-0.4, -0.2) is 54.8 Å². The number of nitrogens with zero attached hydrogens (tertiary/aromatic N) is 11. The van der Waals surface area contributed by atoms with E-state index < -0.39 is 17.4 Å². The SMILES string of the molecule is [C-]#[N+]c1cnn(-c2nc(O)nc(O)n2)c1/N=N/c1c(C(C)(C)C)nn2c(-c3ccccc3)n[nH]c12. The summed E-state index contributed by atoms with van der Waals surface area (Å²) in [6.07, 6.45) is 1.25. The van der Waals surface area contributed by atoms with Crippen molar-refractivity contribution >= 4 is 22.8 Å². The molecule has 0 fully saturated rings. The number of hydrogen-bond acceptors (Lipinski definition) is 10. The van der Waals surface area contributed by atoms with Gasteiger partial charge < -0.3 is 10.2 Å². The standard InChI is InChI=1S/C21H18N12O2/c1-21(2,3)14-13(17-30-28-15(32(17)31-14)11-8-6-5-7-9-11)27-29-16-12(22-4)10-23-33(16)18-24-19(34)26-20(35)25-18/h5-10,30H,1-3H3,(H2,24,25,26,34,35)/b29-27+. The summed E-state index contributed by atoms with van der Waals surface area (Å²) >= 11 is 0. The number of rotatable bonds is 4. The molecule has 0 aliphatic carbocycles. The van der Waals surface area contributed by atoms with Gasteiger partial charge in [0.2, 0.25) is 0 Å². The molecule has 14 nitrogen and oxygen atoms in total. The number of aromatic amines is 1. The van der Waals surface area contributed by atoms with Crippen LogP contribution in [0.5, 0.6) is 12.0 Å². The molecule has 0 aliphatic rings. The quantitative estimate of drug-likeness (QED) is 0.263. The molecule has 0 radical (unpaired) electrons. The molecule has 5 rings (SSSR count). The predicted molar refractivity (Wildman–Crippen MR) is 122 cm³/mol. The molecule has 0 saturated carbocycles. The number of nitrogens with one attached hydrogen (secondary N) is 1. The molecule has 0 amide bonds. The second-order valence-electron chi connectivity index (χ2n) is 8.43. The van der Waals surface area contributed by atoms with Crippen LogP contribution in [0.2, 0.25) is 0 Å². The monoisotopic (exact) mass is 470 g/mol. The van der Waals surface area contributed by atoms with E-state index in [0.717, 1.165) is 10.2 Å². The Kier molecular flexibility index (Phi) is 4.94. The second-order valence-corrected chi connectivity index (χ2v) is 8.43. The third-order valence-electron chi connectivity index (χ3n) is 4.95. The van der Waals surface area contributed by atoms with E-state index in [1.807, 2.05) is 51.1 Å². The highest BCUT2D eigenvalue weighted by Gasteiger charge is 2.27. The average molecular weight is 470 g/mol. The zero-order valence-corrected chi connectivity index (χ0v) is 18.8. The summed E-state index contributed by atoms with van der Waals surface area (Å²) in [5, 5.41) is 44.1. The Morgan fingerprint density at radius 3 is 2.40 bits per heavy atom. The molecular weight excluding hydrogens is 452 g/mol.